The zero-order valence-electron chi connectivity index (χ0n) is 32.0. The molecule has 58 heavy (non-hydrogen) atoms. The number of nitrogens with zero attached hydrogens (tertiary/aromatic N) is 2. The van der Waals surface area contributed by atoms with Crippen LogP contribution in [0.4, 0.5) is 28.4 Å². The van der Waals surface area contributed by atoms with Gasteiger partial charge in [-0.2, -0.15) is 0 Å². The number of benzene rings is 9. The van der Waals surface area contributed by atoms with Gasteiger partial charge in [0.2, 0.25) is 0 Å². The molecule has 0 saturated heterocycles. The molecule has 0 spiro atoms. The molecule has 1 aliphatic carbocycles. The number of rotatable bonds is 7. The Morgan fingerprint density at radius 2 is 0.862 bits per heavy atom. The molecule has 274 valence electrons. The monoisotopic (exact) mass is 740 g/mol. The number of hydrogen-bond acceptors (Lipinski definition) is 2. The van der Waals surface area contributed by atoms with Crippen molar-refractivity contribution in [2.75, 3.05) is 9.80 Å². The largest absolute Gasteiger partial charge is 0.333 e. The van der Waals surface area contributed by atoms with Crippen molar-refractivity contribution in [1.82, 2.24) is 0 Å². The van der Waals surface area contributed by atoms with E-state index in [0.29, 0.717) is 5.92 Å². The molecule has 0 N–H and O–H groups in total. The molecule has 1 aliphatic heterocycles. The molecule has 0 amide bonds. The number of para-hydroxylation sites is 1. The van der Waals surface area contributed by atoms with E-state index in [9.17, 15) is 0 Å². The van der Waals surface area contributed by atoms with Crippen molar-refractivity contribution in [2.45, 2.75) is 12.0 Å². The third kappa shape index (κ3) is 5.90. The third-order valence-electron chi connectivity index (χ3n) is 12.0. The summed E-state index contributed by atoms with van der Waals surface area (Å²) in [7, 11) is 0. The van der Waals surface area contributed by atoms with E-state index >= 15 is 0 Å². The summed E-state index contributed by atoms with van der Waals surface area (Å²) in [5.41, 5.74) is 14.5. The van der Waals surface area contributed by atoms with Crippen LogP contribution in [0.3, 0.4) is 0 Å². The van der Waals surface area contributed by atoms with E-state index in [1.165, 1.54) is 71.9 Å². The molecule has 0 aromatic heterocycles. The first-order chi connectivity index (χ1) is 28.8. The predicted molar refractivity (Wildman–Crippen MR) is 246 cm³/mol. The van der Waals surface area contributed by atoms with Gasteiger partial charge in [-0.3, -0.25) is 0 Å². The van der Waals surface area contributed by atoms with Crippen molar-refractivity contribution in [3.63, 3.8) is 0 Å². The van der Waals surface area contributed by atoms with Gasteiger partial charge in [-0.15, -0.1) is 0 Å². The number of allylic oxidation sites excluding steroid dienone is 2. The number of fused-ring (bicyclic) bond motifs is 5. The van der Waals surface area contributed by atoms with Gasteiger partial charge in [0.1, 0.15) is 0 Å². The predicted octanol–water partition coefficient (Wildman–Crippen LogP) is 15.2. The lowest BCUT2D eigenvalue weighted by atomic mass is 9.89. The van der Waals surface area contributed by atoms with Gasteiger partial charge in [0.25, 0.3) is 0 Å². The molecule has 2 atom stereocenters. The van der Waals surface area contributed by atoms with Gasteiger partial charge in [0.15, 0.2) is 0 Å². The molecule has 2 heteroatoms. The fourth-order valence-electron chi connectivity index (χ4n) is 9.20. The summed E-state index contributed by atoms with van der Waals surface area (Å²) in [5.74, 6) is 0.309. The van der Waals surface area contributed by atoms with E-state index in [1.54, 1.807) is 0 Å². The normalized spacial score (nSPS) is 15.4. The highest BCUT2D eigenvalue weighted by molar-refractivity contribution is 5.98. The lowest BCUT2D eigenvalue weighted by Crippen LogP contribution is -2.28. The molecule has 2 aliphatic rings. The Bertz CT molecular complexity index is 2860. The topological polar surface area (TPSA) is 6.48 Å². The van der Waals surface area contributed by atoms with Gasteiger partial charge in [-0.05, 0) is 121 Å². The summed E-state index contributed by atoms with van der Waals surface area (Å²) < 4.78 is 0. The summed E-state index contributed by atoms with van der Waals surface area (Å²) in [4.78, 5) is 4.86. The van der Waals surface area contributed by atoms with Crippen LogP contribution in [0.5, 0.6) is 0 Å². The molecular formula is C56H40N2. The molecule has 9 aromatic carbocycles. The molecular weight excluding hydrogens is 701 g/mol. The first-order valence-electron chi connectivity index (χ1n) is 20.2. The number of hydrogen-bond donors (Lipinski definition) is 0. The van der Waals surface area contributed by atoms with Crippen molar-refractivity contribution < 1.29 is 0 Å². The van der Waals surface area contributed by atoms with Crippen LogP contribution >= 0.6 is 0 Å². The molecule has 2 nitrogen and oxygen atoms in total. The minimum absolute atomic E-state index is 0.271. The van der Waals surface area contributed by atoms with E-state index < -0.39 is 0 Å². The van der Waals surface area contributed by atoms with Crippen molar-refractivity contribution in [2.24, 2.45) is 0 Å². The quantitative estimate of drug-likeness (QED) is 0.161. The van der Waals surface area contributed by atoms with Crippen LogP contribution in [0.2, 0.25) is 0 Å². The standard InChI is InChI=1S/C56H40N2/c1-2-16-45(17-3-1)58-55-23-9-8-20-53(55)54-38-44(30-37-56(54)58)39-24-31-46(32-25-39)57(47-33-26-42(27-34-47)51-21-10-14-40-12-4-6-18-49(40)51)48-35-28-43(29-36-48)52-22-11-15-41-13-5-7-19-50(41)52/h1-38,53,55H. The van der Waals surface area contributed by atoms with Crippen LogP contribution in [-0.4, -0.2) is 6.04 Å². The molecule has 9 aromatic rings. The molecule has 11 rings (SSSR count). The summed E-state index contributed by atoms with van der Waals surface area (Å²) in [5, 5.41) is 5.03. The first-order valence-corrected chi connectivity index (χ1v) is 20.2. The molecule has 2 unspecified atom stereocenters. The van der Waals surface area contributed by atoms with E-state index in [2.05, 4.69) is 240 Å². The van der Waals surface area contributed by atoms with E-state index in [-0.39, 0.29) is 6.04 Å². The van der Waals surface area contributed by atoms with Crippen LogP contribution in [-0.2, 0) is 0 Å². The zero-order valence-corrected chi connectivity index (χ0v) is 32.0. The molecule has 0 saturated carbocycles. The highest BCUT2D eigenvalue weighted by atomic mass is 15.2. The maximum Gasteiger partial charge on any atom is 0.0629 e. The molecule has 0 fully saturated rings. The minimum atomic E-state index is 0.271. The Balaban J connectivity index is 0.966. The Hall–Kier alpha value is -7.42. The van der Waals surface area contributed by atoms with Crippen molar-refractivity contribution in [3.8, 4) is 33.4 Å². The Morgan fingerprint density at radius 1 is 0.379 bits per heavy atom. The van der Waals surface area contributed by atoms with Gasteiger partial charge in [0.05, 0.1) is 6.04 Å². The summed E-state index contributed by atoms with van der Waals surface area (Å²) in [6, 6.07) is 75.5. The highest BCUT2D eigenvalue weighted by Crippen LogP contribution is 2.49. The van der Waals surface area contributed by atoms with Gasteiger partial charge in [-0.25, -0.2) is 0 Å². The van der Waals surface area contributed by atoms with Crippen LogP contribution in [0.1, 0.15) is 11.5 Å². The average molecular weight is 741 g/mol. The molecule has 0 bridgehead atoms. The lowest BCUT2D eigenvalue weighted by molar-refractivity contribution is 0.745. The zero-order chi connectivity index (χ0) is 38.4. The van der Waals surface area contributed by atoms with Crippen LogP contribution in [0.25, 0.3) is 54.9 Å². The van der Waals surface area contributed by atoms with Crippen LogP contribution in [0, 0.1) is 0 Å². The lowest BCUT2D eigenvalue weighted by Gasteiger charge is -2.28. The second-order valence-electron chi connectivity index (χ2n) is 15.3. The SMILES string of the molecule is C1=CC2c3cc(-c4ccc(N(c5ccc(-c6cccc7ccccc67)cc5)c5ccc(-c6cccc7ccccc67)cc5)cc4)ccc3N(c3ccccc3)C2C=C1. The first kappa shape index (κ1) is 33.9. The number of anilines is 5. The Morgan fingerprint density at radius 3 is 1.45 bits per heavy atom. The summed E-state index contributed by atoms with van der Waals surface area (Å²) >= 11 is 0. The van der Waals surface area contributed by atoms with Crippen LogP contribution in [0.15, 0.2) is 231 Å². The highest BCUT2D eigenvalue weighted by Gasteiger charge is 2.37. The van der Waals surface area contributed by atoms with E-state index in [4.69, 9.17) is 0 Å². The Labute approximate surface area is 339 Å². The molecule has 1 heterocycles. The van der Waals surface area contributed by atoms with Crippen molar-refractivity contribution in [3.05, 3.63) is 236 Å². The smallest absolute Gasteiger partial charge is 0.0629 e. The van der Waals surface area contributed by atoms with Gasteiger partial charge < -0.3 is 9.80 Å². The summed E-state index contributed by atoms with van der Waals surface area (Å²) in [6.45, 7) is 0. The second-order valence-corrected chi connectivity index (χ2v) is 15.3. The fraction of sp³-hybridized carbons (Fsp3) is 0.0357. The van der Waals surface area contributed by atoms with E-state index in [0.717, 1.165) is 17.1 Å². The fourth-order valence-corrected chi connectivity index (χ4v) is 9.20. The van der Waals surface area contributed by atoms with Crippen molar-refractivity contribution >= 4 is 50.0 Å². The Kier molecular flexibility index (Phi) is 8.33. The van der Waals surface area contributed by atoms with E-state index in [1.807, 2.05) is 0 Å². The van der Waals surface area contributed by atoms with Gasteiger partial charge in [-0.1, -0.05) is 170 Å². The average Bonchev–Trinajstić information content (AvgIpc) is 3.63. The maximum absolute atomic E-state index is 2.49. The summed E-state index contributed by atoms with van der Waals surface area (Å²) in [6.07, 6.45) is 9.07. The maximum atomic E-state index is 2.49. The minimum Gasteiger partial charge on any atom is -0.333 e. The molecule has 0 radical (unpaired) electrons. The van der Waals surface area contributed by atoms with Gasteiger partial charge >= 0.3 is 0 Å². The van der Waals surface area contributed by atoms with Crippen LogP contribution < -0.4 is 9.80 Å². The third-order valence-corrected chi connectivity index (χ3v) is 12.0. The second kappa shape index (κ2) is 14.3. The van der Waals surface area contributed by atoms with Gasteiger partial charge in [0, 0.05) is 34.4 Å². The van der Waals surface area contributed by atoms with Crippen molar-refractivity contribution in [1.29, 1.82) is 0 Å².